The van der Waals surface area contributed by atoms with E-state index >= 15 is 0 Å². The summed E-state index contributed by atoms with van der Waals surface area (Å²) in [6.45, 7) is 3.65. The molecule has 0 atom stereocenters. The number of hydrogen-bond acceptors (Lipinski definition) is 4. The highest BCUT2D eigenvalue weighted by atomic mass is 32.2. The minimum atomic E-state index is -3.50. The summed E-state index contributed by atoms with van der Waals surface area (Å²) in [6.07, 6.45) is 1.16. The van der Waals surface area contributed by atoms with Crippen LogP contribution in [-0.4, -0.2) is 24.5 Å². The van der Waals surface area contributed by atoms with Crippen LogP contribution in [0.3, 0.4) is 0 Å². The average Bonchev–Trinajstić information content (AvgIpc) is 2.38. The van der Waals surface area contributed by atoms with Gasteiger partial charge in [0.25, 0.3) is 0 Å². The molecular formula is C15H15NO4S. The van der Waals surface area contributed by atoms with Gasteiger partial charge in [0.15, 0.2) is 9.84 Å². The van der Waals surface area contributed by atoms with E-state index in [0.717, 1.165) is 11.8 Å². The zero-order chi connectivity index (χ0) is 15.6. The zero-order valence-electron chi connectivity index (χ0n) is 11.7. The van der Waals surface area contributed by atoms with Crippen LogP contribution in [0.4, 0.5) is 0 Å². The van der Waals surface area contributed by atoms with E-state index in [2.05, 4.69) is 4.98 Å². The fourth-order valence-corrected chi connectivity index (χ4v) is 3.60. The second kappa shape index (κ2) is 5.65. The molecule has 0 fully saturated rings. The number of aromatic carboxylic acids is 1. The van der Waals surface area contributed by atoms with Gasteiger partial charge in [-0.3, -0.25) is 4.98 Å². The average molecular weight is 305 g/mol. The Hall–Kier alpha value is -2.21. The Morgan fingerprint density at radius 1 is 1.19 bits per heavy atom. The largest absolute Gasteiger partial charge is 0.478 e. The van der Waals surface area contributed by atoms with E-state index in [4.69, 9.17) is 5.11 Å². The molecule has 0 unspecified atom stereocenters. The summed E-state index contributed by atoms with van der Waals surface area (Å²) >= 11 is 0. The van der Waals surface area contributed by atoms with Gasteiger partial charge in [0.2, 0.25) is 0 Å². The smallest absolute Gasteiger partial charge is 0.337 e. The van der Waals surface area contributed by atoms with Gasteiger partial charge in [0.1, 0.15) is 0 Å². The highest BCUT2D eigenvalue weighted by molar-refractivity contribution is 7.90. The van der Waals surface area contributed by atoms with Crippen molar-refractivity contribution in [1.29, 1.82) is 0 Å². The maximum absolute atomic E-state index is 12.4. The van der Waals surface area contributed by atoms with E-state index in [1.165, 1.54) is 12.1 Å². The third kappa shape index (κ3) is 3.46. The van der Waals surface area contributed by atoms with Crippen molar-refractivity contribution in [3.05, 3.63) is 58.9 Å². The number of rotatable bonds is 4. The van der Waals surface area contributed by atoms with Crippen LogP contribution in [0, 0.1) is 13.8 Å². The number of aromatic nitrogens is 1. The van der Waals surface area contributed by atoms with Crippen LogP contribution in [0.25, 0.3) is 0 Å². The number of pyridine rings is 1. The molecule has 0 amide bonds. The van der Waals surface area contributed by atoms with Gasteiger partial charge in [-0.15, -0.1) is 0 Å². The molecule has 1 aromatic carbocycles. The van der Waals surface area contributed by atoms with Crippen molar-refractivity contribution in [2.45, 2.75) is 24.5 Å². The van der Waals surface area contributed by atoms with Crippen molar-refractivity contribution in [2.75, 3.05) is 0 Å². The van der Waals surface area contributed by atoms with Gasteiger partial charge in [-0.2, -0.15) is 0 Å². The molecule has 0 saturated carbocycles. The van der Waals surface area contributed by atoms with Gasteiger partial charge in [-0.1, -0.05) is 17.7 Å². The summed E-state index contributed by atoms with van der Waals surface area (Å²) < 4.78 is 24.8. The first-order valence-electron chi connectivity index (χ1n) is 6.28. The molecule has 0 aliphatic heterocycles. The van der Waals surface area contributed by atoms with Crippen LogP contribution in [-0.2, 0) is 15.6 Å². The minimum Gasteiger partial charge on any atom is -0.478 e. The lowest BCUT2D eigenvalue weighted by atomic mass is 10.2. The molecule has 0 saturated heterocycles. The van der Waals surface area contributed by atoms with Gasteiger partial charge in [0, 0.05) is 6.20 Å². The summed E-state index contributed by atoms with van der Waals surface area (Å²) in [7, 11) is -3.50. The molecule has 5 nitrogen and oxygen atoms in total. The van der Waals surface area contributed by atoms with Crippen LogP contribution in [0.2, 0.25) is 0 Å². The van der Waals surface area contributed by atoms with Crippen molar-refractivity contribution in [3.8, 4) is 0 Å². The van der Waals surface area contributed by atoms with E-state index in [1.54, 1.807) is 19.1 Å². The maximum atomic E-state index is 12.4. The summed E-state index contributed by atoms with van der Waals surface area (Å²) in [6, 6.07) is 7.92. The van der Waals surface area contributed by atoms with Gasteiger partial charge in [0.05, 0.1) is 21.9 Å². The fourth-order valence-electron chi connectivity index (χ4n) is 2.06. The maximum Gasteiger partial charge on any atom is 0.337 e. The van der Waals surface area contributed by atoms with E-state index in [0.29, 0.717) is 11.3 Å². The van der Waals surface area contributed by atoms with Gasteiger partial charge in [-0.25, -0.2) is 13.2 Å². The molecule has 1 aromatic heterocycles. The first-order chi connectivity index (χ1) is 9.79. The highest BCUT2D eigenvalue weighted by Gasteiger charge is 2.18. The van der Waals surface area contributed by atoms with Crippen molar-refractivity contribution >= 4 is 15.8 Å². The van der Waals surface area contributed by atoms with Gasteiger partial charge < -0.3 is 5.11 Å². The predicted octanol–water partition coefficient (Wildman–Crippen LogP) is 2.37. The number of aryl methyl sites for hydroxylation is 2. The Labute approximate surface area is 123 Å². The Morgan fingerprint density at radius 2 is 1.90 bits per heavy atom. The van der Waals surface area contributed by atoms with E-state index in [1.807, 2.05) is 13.0 Å². The lowest BCUT2D eigenvalue weighted by Crippen LogP contribution is -2.09. The second-order valence-corrected chi connectivity index (χ2v) is 6.83. The molecule has 1 N–H and O–H groups in total. The summed E-state index contributed by atoms with van der Waals surface area (Å²) in [5, 5.41) is 8.79. The molecule has 0 radical (unpaired) electrons. The van der Waals surface area contributed by atoms with Crippen molar-refractivity contribution in [2.24, 2.45) is 0 Å². The fraction of sp³-hybridized carbons (Fsp3) is 0.200. The third-order valence-corrected chi connectivity index (χ3v) is 4.88. The summed E-state index contributed by atoms with van der Waals surface area (Å²) in [4.78, 5) is 14.9. The summed E-state index contributed by atoms with van der Waals surface area (Å²) in [5.41, 5.74) is 2.04. The standard InChI is InChI=1S/C15H15NO4S/c1-10-3-6-14(11(2)7-10)21(19,20)9-13-5-4-12(8-16-13)15(17)18/h3-8H,9H2,1-2H3,(H,17,18). The first-order valence-corrected chi connectivity index (χ1v) is 7.93. The predicted molar refractivity (Wildman–Crippen MR) is 78.0 cm³/mol. The Balaban J connectivity index is 2.30. The number of carbonyl (C=O) groups is 1. The lowest BCUT2D eigenvalue weighted by molar-refractivity contribution is 0.0696. The van der Waals surface area contributed by atoms with Gasteiger partial charge >= 0.3 is 5.97 Å². The number of nitrogens with zero attached hydrogens (tertiary/aromatic N) is 1. The highest BCUT2D eigenvalue weighted by Crippen LogP contribution is 2.20. The SMILES string of the molecule is Cc1ccc(S(=O)(=O)Cc2ccc(C(=O)O)cn2)c(C)c1. The lowest BCUT2D eigenvalue weighted by Gasteiger charge is -2.08. The number of sulfone groups is 1. The van der Waals surface area contributed by atoms with Crippen LogP contribution in [0.5, 0.6) is 0 Å². The summed E-state index contributed by atoms with van der Waals surface area (Å²) in [5.74, 6) is -1.34. The Bertz CT molecular complexity index is 780. The number of hydrogen-bond donors (Lipinski definition) is 1. The van der Waals surface area contributed by atoms with Crippen molar-refractivity contribution < 1.29 is 18.3 Å². The zero-order valence-corrected chi connectivity index (χ0v) is 12.5. The van der Waals surface area contributed by atoms with Crippen LogP contribution in [0.1, 0.15) is 27.2 Å². The molecule has 0 aliphatic carbocycles. The molecule has 2 rings (SSSR count). The van der Waals surface area contributed by atoms with Crippen molar-refractivity contribution in [3.63, 3.8) is 0 Å². The topological polar surface area (TPSA) is 84.3 Å². The molecule has 2 aromatic rings. The number of carboxylic acid groups (broad SMARTS) is 1. The third-order valence-electron chi connectivity index (χ3n) is 3.08. The molecule has 21 heavy (non-hydrogen) atoms. The minimum absolute atomic E-state index is 0.0302. The Kier molecular flexibility index (Phi) is 4.09. The van der Waals surface area contributed by atoms with Crippen LogP contribution >= 0.6 is 0 Å². The molecule has 0 bridgehead atoms. The molecule has 0 spiro atoms. The Morgan fingerprint density at radius 3 is 2.43 bits per heavy atom. The molecule has 110 valence electrons. The first kappa shape index (κ1) is 15.2. The van der Waals surface area contributed by atoms with Crippen LogP contribution in [0.15, 0.2) is 41.4 Å². The quantitative estimate of drug-likeness (QED) is 0.937. The van der Waals surface area contributed by atoms with E-state index in [9.17, 15) is 13.2 Å². The van der Waals surface area contributed by atoms with E-state index < -0.39 is 15.8 Å². The second-order valence-electron chi connectivity index (χ2n) is 4.87. The van der Waals surface area contributed by atoms with Crippen molar-refractivity contribution in [1.82, 2.24) is 4.98 Å². The van der Waals surface area contributed by atoms with Crippen LogP contribution < -0.4 is 0 Å². The van der Waals surface area contributed by atoms with E-state index in [-0.39, 0.29) is 16.2 Å². The number of carboxylic acids is 1. The number of benzene rings is 1. The molecular weight excluding hydrogens is 290 g/mol. The molecule has 0 aliphatic rings. The molecule has 1 heterocycles. The normalized spacial score (nSPS) is 11.3. The van der Waals surface area contributed by atoms with Gasteiger partial charge in [-0.05, 0) is 37.6 Å². The monoisotopic (exact) mass is 305 g/mol. The molecule has 6 heteroatoms.